The van der Waals surface area contributed by atoms with Crippen molar-refractivity contribution in [2.24, 2.45) is 0 Å². The molecule has 0 atom stereocenters. The maximum absolute atomic E-state index is 0. The summed E-state index contributed by atoms with van der Waals surface area (Å²) in [7, 11) is 0. The fourth-order valence-corrected chi connectivity index (χ4v) is 0. The van der Waals surface area contributed by atoms with Crippen LogP contribution in [-0.2, 0) is 55.3 Å². The van der Waals surface area contributed by atoms with Crippen molar-refractivity contribution < 1.29 is 55.3 Å². The van der Waals surface area contributed by atoms with Crippen molar-refractivity contribution in [3.63, 3.8) is 0 Å². The van der Waals surface area contributed by atoms with Crippen LogP contribution in [0.1, 0.15) is 0 Å². The van der Waals surface area contributed by atoms with Crippen LogP contribution in [0.4, 0.5) is 0 Å². The van der Waals surface area contributed by atoms with Gasteiger partial charge in [-0.1, -0.05) is 0 Å². The van der Waals surface area contributed by atoms with E-state index in [0.29, 0.717) is 0 Å². The summed E-state index contributed by atoms with van der Waals surface area (Å²) >= 11 is 0. The van der Waals surface area contributed by atoms with Crippen molar-refractivity contribution in [1.82, 2.24) is 0 Å². The molecule has 0 aliphatic rings. The summed E-state index contributed by atoms with van der Waals surface area (Å²) in [6, 6.07) is 0. The van der Waals surface area contributed by atoms with Crippen LogP contribution in [0.25, 0.3) is 0 Å². The van der Waals surface area contributed by atoms with Crippen LogP contribution >= 0.6 is 0 Å². The van der Waals surface area contributed by atoms with Crippen LogP contribution in [0.3, 0.4) is 0 Å². The van der Waals surface area contributed by atoms with Gasteiger partial charge in [0.15, 0.2) is 0 Å². The van der Waals surface area contributed by atoms with Gasteiger partial charge in [0.05, 0.1) is 0 Å². The Bertz CT molecular complexity index is 8.00. The summed E-state index contributed by atoms with van der Waals surface area (Å²) in [6.45, 7) is 0. The molecule has 0 aliphatic carbocycles. The maximum atomic E-state index is 0. The van der Waals surface area contributed by atoms with Crippen LogP contribution < -0.4 is 0 Å². The third-order valence-corrected chi connectivity index (χ3v) is 0. The number of rotatable bonds is 0. The van der Waals surface area contributed by atoms with Gasteiger partial charge in [0.1, 0.15) is 0 Å². The van der Waals surface area contributed by atoms with Crippen LogP contribution in [0.15, 0.2) is 0 Å². The van der Waals surface area contributed by atoms with E-state index >= 15 is 0 Å². The normalized spacial score (nSPS) is 0. The van der Waals surface area contributed by atoms with Crippen LogP contribution in [0.2, 0.25) is 0 Å². The molecule has 0 amide bonds. The zero-order valence-corrected chi connectivity index (χ0v) is 10.2. The fraction of sp³-hybridized carbons (Fsp3) is 0. The van der Waals surface area contributed by atoms with Gasteiger partial charge in [-0.15, -0.1) is 0 Å². The molecule has 0 heterocycles. The molecule has 0 aliphatic heterocycles. The third kappa shape index (κ3) is 8.94. The van der Waals surface area contributed by atoms with Crippen molar-refractivity contribution in [2.45, 2.75) is 0 Å². The standard InChI is InChI=1S/Ba.Cu.O.Y/q2*+2;-2;+3. The van der Waals surface area contributed by atoms with Gasteiger partial charge in [-0.25, -0.2) is 0 Å². The molecule has 17 valence electrons. The molecule has 0 spiro atoms. The second-order valence-corrected chi connectivity index (χ2v) is 0. The molecule has 0 aromatic rings. The largest absolute Gasteiger partial charge is 3.00 e. The van der Waals surface area contributed by atoms with Gasteiger partial charge in [0.2, 0.25) is 0 Å². The summed E-state index contributed by atoms with van der Waals surface area (Å²) in [4.78, 5) is 0. The molecule has 0 rings (SSSR count). The maximum Gasteiger partial charge on any atom is 3.00 e. The van der Waals surface area contributed by atoms with E-state index in [1.165, 1.54) is 0 Å². The van der Waals surface area contributed by atoms with E-state index in [0.717, 1.165) is 0 Å². The van der Waals surface area contributed by atoms with Gasteiger partial charge in [0.25, 0.3) is 0 Å². The van der Waals surface area contributed by atoms with E-state index in [2.05, 4.69) is 0 Å². The zero-order chi connectivity index (χ0) is 0. The predicted octanol–water partition coefficient (Wildman–Crippen LogP) is -0.505. The van der Waals surface area contributed by atoms with Gasteiger partial charge in [-0.2, -0.15) is 0 Å². The molecule has 0 aromatic carbocycles. The molecule has 1 nitrogen and oxygen atoms in total. The van der Waals surface area contributed by atoms with Crippen molar-refractivity contribution in [2.75, 3.05) is 0 Å². The summed E-state index contributed by atoms with van der Waals surface area (Å²) in [5.41, 5.74) is 0. The van der Waals surface area contributed by atoms with Crippen molar-refractivity contribution in [3.05, 3.63) is 0 Å². The van der Waals surface area contributed by atoms with Gasteiger partial charge < -0.3 is 5.48 Å². The van der Waals surface area contributed by atoms with E-state index in [1.807, 2.05) is 0 Å². The second-order valence-electron chi connectivity index (χ2n) is 0. The summed E-state index contributed by atoms with van der Waals surface area (Å²) in [5.74, 6) is 0. The van der Waals surface area contributed by atoms with E-state index in [4.69, 9.17) is 0 Å². The van der Waals surface area contributed by atoms with Gasteiger partial charge in [0, 0.05) is 0 Å². The average Bonchev–Trinajstić information content (AvgIpc) is 0. The first-order valence-corrected chi connectivity index (χ1v) is 0. The van der Waals surface area contributed by atoms with Crippen LogP contribution in [0.5, 0.6) is 0 Å². The molecule has 4 heteroatoms. The Balaban J connectivity index is 0. The van der Waals surface area contributed by atoms with Crippen molar-refractivity contribution >= 4 is 48.9 Å². The summed E-state index contributed by atoms with van der Waals surface area (Å²) in [5, 5.41) is 0. The quantitative estimate of drug-likeness (QED) is 0.540. The van der Waals surface area contributed by atoms with E-state index in [9.17, 15) is 0 Å². The monoisotopic (exact) mass is 306 g/mol. The third-order valence-electron chi connectivity index (χ3n) is 0. The van der Waals surface area contributed by atoms with Crippen molar-refractivity contribution in [3.8, 4) is 0 Å². The number of hydrogen-bond acceptors (Lipinski definition) is 0. The molecule has 0 aromatic heterocycles. The Labute approximate surface area is 101 Å². The molecule has 0 bridgehead atoms. The molecule has 0 saturated heterocycles. The van der Waals surface area contributed by atoms with Gasteiger partial charge in [-0.3, -0.25) is 0 Å². The van der Waals surface area contributed by atoms with Crippen molar-refractivity contribution in [1.29, 1.82) is 0 Å². The minimum Gasteiger partial charge on any atom is -2.00 e. The second kappa shape index (κ2) is 16.4. The Kier molecular flexibility index (Phi) is 112. The Hall–Kier alpha value is 3.15. The first kappa shape index (κ1) is 27.2. The van der Waals surface area contributed by atoms with Crippen LogP contribution in [0, 0.1) is 0 Å². The number of hydrogen-bond donors (Lipinski definition) is 0. The van der Waals surface area contributed by atoms with Gasteiger partial charge >= 0.3 is 98.7 Å². The Morgan fingerprint density at radius 3 is 1.00 bits per heavy atom. The van der Waals surface area contributed by atoms with E-state index in [-0.39, 0.29) is 104 Å². The average molecular weight is 306 g/mol. The van der Waals surface area contributed by atoms with Gasteiger partial charge in [-0.05, 0) is 0 Å². The minimum atomic E-state index is 0. The molecular formula is BaCuOY+5. The molecule has 0 fully saturated rings. The molecule has 0 unspecified atom stereocenters. The van der Waals surface area contributed by atoms with E-state index < -0.39 is 0 Å². The zero-order valence-electron chi connectivity index (χ0n) is 1.99. The Morgan fingerprint density at radius 2 is 1.00 bits per heavy atom. The first-order chi connectivity index (χ1) is 0. The molecule has 0 N–H and O–H groups in total. The summed E-state index contributed by atoms with van der Waals surface area (Å²) < 4.78 is 0. The molecule has 1 radical (unpaired) electrons. The smallest absolute Gasteiger partial charge is 2.00 e. The fourth-order valence-electron chi connectivity index (χ4n) is 0. The van der Waals surface area contributed by atoms with E-state index in [1.54, 1.807) is 0 Å². The molecule has 4 heavy (non-hydrogen) atoms. The summed E-state index contributed by atoms with van der Waals surface area (Å²) in [6.07, 6.45) is 0. The SMILES string of the molecule is [Ba+2].[Cu+2].[O-2].[Y+3]. The Morgan fingerprint density at radius 1 is 1.00 bits per heavy atom. The van der Waals surface area contributed by atoms with Crippen LogP contribution in [-0.4, -0.2) is 48.9 Å². The molecular weight excluding hydrogens is 306 g/mol. The minimum absolute atomic E-state index is 0. The predicted molar refractivity (Wildman–Crippen MR) is 6.44 cm³/mol. The topological polar surface area (TPSA) is 28.5 Å². The molecule has 0 saturated carbocycles. The first-order valence-electron chi connectivity index (χ1n) is 0.